The first-order valence-electron chi connectivity index (χ1n) is 7.79. The van der Waals surface area contributed by atoms with E-state index in [9.17, 15) is 4.79 Å². The highest BCUT2D eigenvalue weighted by molar-refractivity contribution is 14.0. The van der Waals surface area contributed by atoms with E-state index in [0.29, 0.717) is 6.04 Å². The molecule has 2 unspecified atom stereocenters. The van der Waals surface area contributed by atoms with Crippen LogP contribution in [0.3, 0.4) is 0 Å². The van der Waals surface area contributed by atoms with Gasteiger partial charge in [-0.05, 0) is 36.5 Å². The van der Waals surface area contributed by atoms with Gasteiger partial charge in [-0.25, -0.2) is 0 Å². The Balaban J connectivity index is 0.00000264. The lowest BCUT2D eigenvalue weighted by Crippen LogP contribution is -2.39. The number of rotatable bonds is 5. The summed E-state index contributed by atoms with van der Waals surface area (Å²) in [7, 11) is 5.33. The second-order valence-corrected chi connectivity index (χ2v) is 6.11. The van der Waals surface area contributed by atoms with Crippen molar-refractivity contribution < 1.29 is 4.79 Å². The van der Waals surface area contributed by atoms with Crippen LogP contribution in [0.25, 0.3) is 0 Å². The van der Waals surface area contributed by atoms with Gasteiger partial charge in [-0.2, -0.15) is 0 Å². The summed E-state index contributed by atoms with van der Waals surface area (Å²) < 4.78 is 0. The van der Waals surface area contributed by atoms with E-state index in [-0.39, 0.29) is 29.9 Å². The largest absolute Gasteiger partial charge is 0.356 e. The van der Waals surface area contributed by atoms with Crippen LogP contribution in [0, 0.1) is 5.92 Å². The molecule has 0 radical (unpaired) electrons. The molecule has 23 heavy (non-hydrogen) atoms. The molecular weight excluding hydrogens is 403 g/mol. The van der Waals surface area contributed by atoms with Gasteiger partial charge in [-0.1, -0.05) is 19.1 Å². The molecule has 1 aromatic carbocycles. The molecule has 128 valence electrons. The molecule has 5 nitrogen and oxygen atoms in total. The maximum atomic E-state index is 12.0. The van der Waals surface area contributed by atoms with Gasteiger partial charge in [0.15, 0.2) is 5.96 Å². The minimum atomic E-state index is 0. The molecule has 0 spiro atoms. The average Bonchev–Trinajstić information content (AvgIpc) is 3.20. The van der Waals surface area contributed by atoms with E-state index in [1.165, 1.54) is 6.42 Å². The molecule has 0 aromatic heterocycles. The molecule has 0 aliphatic heterocycles. The van der Waals surface area contributed by atoms with Crippen LogP contribution in [-0.4, -0.2) is 50.5 Å². The smallest absolute Gasteiger partial charge is 0.253 e. The van der Waals surface area contributed by atoms with Gasteiger partial charge in [0.2, 0.25) is 0 Å². The third-order valence-corrected chi connectivity index (χ3v) is 3.94. The quantitative estimate of drug-likeness (QED) is 0.428. The number of aliphatic imine (C=N–C) groups is 1. The van der Waals surface area contributed by atoms with E-state index in [2.05, 4.69) is 22.5 Å². The highest BCUT2D eigenvalue weighted by Gasteiger charge is 2.33. The third-order valence-electron chi connectivity index (χ3n) is 3.94. The fourth-order valence-electron chi connectivity index (χ4n) is 2.34. The van der Waals surface area contributed by atoms with Gasteiger partial charge in [0, 0.05) is 39.3 Å². The molecule has 2 atom stereocenters. The monoisotopic (exact) mass is 430 g/mol. The summed E-state index contributed by atoms with van der Waals surface area (Å²) in [6.07, 6.45) is 2.07. The predicted octanol–water partition coefficient (Wildman–Crippen LogP) is 2.12. The Morgan fingerprint density at radius 2 is 2.09 bits per heavy atom. The first kappa shape index (κ1) is 19.7. The maximum absolute atomic E-state index is 12.0. The van der Waals surface area contributed by atoms with Crippen LogP contribution in [0.4, 0.5) is 0 Å². The normalized spacial score (nSPS) is 19.6. The van der Waals surface area contributed by atoms with E-state index >= 15 is 0 Å². The Morgan fingerprint density at radius 1 is 1.39 bits per heavy atom. The number of nitrogens with zero attached hydrogens (tertiary/aromatic N) is 2. The second-order valence-electron chi connectivity index (χ2n) is 6.11. The fraction of sp³-hybridized carbons (Fsp3) is 0.529. The molecule has 1 fully saturated rings. The molecule has 6 heteroatoms. The zero-order valence-electron chi connectivity index (χ0n) is 14.3. The SMILES string of the molecule is CN=C(NCCc1cccc(C(=O)N(C)C)c1)NC1CC1C.I. The van der Waals surface area contributed by atoms with Crippen molar-refractivity contribution in [3.63, 3.8) is 0 Å². The van der Waals surface area contributed by atoms with Crippen LogP contribution in [0.2, 0.25) is 0 Å². The summed E-state index contributed by atoms with van der Waals surface area (Å²) in [5.74, 6) is 1.64. The van der Waals surface area contributed by atoms with Gasteiger partial charge >= 0.3 is 0 Å². The first-order valence-corrected chi connectivity index (χ1v) is 7.79. The predicted molar refractivity (Wildman–Crippen MR) is 106 cm³/mol. The van der Waals surface area contributed by atoms with E-state index < -0.39 is 0 Å². The molecule has 2 N–H and O–H groups in total. The molecule has 1 aliphatic rings. The zero-order valence-corrected chi connectivity index (χ0v) is 16.6. The van der Waals surface area contributed by atoms with Gasteiger partial charge in [-0.3, -0.25) is 9.79 Å². The van der Waals surface area contributed by atoms with Crippen LogP contribution in [0.5, 0.6) is 0 Å². The van der Waals surface area contributed by atoms with Crippen LogP contribution < -0.4 is 10.6 Å². The van der Waals surface area contributed by atoms with E-state index in [4.69, 9.17) is 0 Å². The molecular formula is C17H27IN4O. The van der Waals surface area contributed by atoms with Gasteiger partial charge < -0.3 is 15.5 Å². The molecule has 0 bridgehead atoms. The summed E-state index contributed by atoms with van der Waals surface area (Å²) >= 11 is 0. The lowest BCUT2D eigenvalue weighted by Gasteiger charge is -2.13. The van der Waals surface area contributed by atoms with Crippen molar-refractivity contribution in [2.75, 3.05) is 27.7 Å². The fourth-order valence-corrected chi connectivity index (χ4v) is 2.34. The lowest BCUT2D eigenvalue weighted by molar-refractivity contribution is 0.0827. The molecule has 1 aliphatic carbocycles. The number of hydrogen-bond donors (Lipinski definition) is 2. The number of carbonyl (C=O) groups is 1. The Kier molecular flexibility index (Phi) is 7.81. The average molecular weight is 430 g/mol. The summed E-state index contributed by atoms with van der Waals surface area (Å²) in [6, 6.07) is 8.36. The van der Waals surface area contributed by atoms with Crippen molar-refractivity contribution in [3.8, 4) is 0 Å². The van der Waals surface area contributed by atoms with E-state index in [1.54, 1.807) is 26.0 Å². The Labute approximate surface area is 156 Å². The highest BCUT2D eigenvalue weighted by Crippen LogP contribution is 2.28. The molecule has 1 amide bonds. The van der Waals surface area contributed by atoms with E-state index in [0.717, 1.165) is 36.0 Å². The Morgan fingerprint density at radius 3 is 2.65 bits per heavy atom. The zero-order chi connectivity index (χ0) is 16.1. The number of nitrogens with one attached hydrogen (secondary N) is 2. The second kappa shape index (κ2) is 9.10. The summed E-state index contributed by atoms with van der Waals surface area (Å²) in [5.41, 5.74) is 1.88. The minimum Gasteiger partial charge on any atom is -0.356 e. The van der Waals surface area contributed by atoms with Crippen molar-refractivity contribution in [2.24, 2.45) is 10.9 Å². The number of guanidine groups is 1. The number of amides is 1. The van der Waals surface area contributed by atoms with Crippen LogP contribution >= 0.6 is 24.0 Å². The van der Waals surface area contributed by atoms with Crippen molar-refractivity contribution in [2.45, 2.75) is 25.8 Å². The van der Waals surface area contributed by atoms with Crippen LogP contribution in [-0.2, 0) is 6.42 Å². The van der Waals surface area contributed by atoms with Crippen LogP contribution in [0.1, 0.15) is 29.3 Å². The maximum Gasteiger partial charge on any atom is 0.253 e. The lowest BCUT2D eigenvalue weighted by atomic mass is 10.1. The van der Waals surface area contributed by atoms with Gasteiger partial charge in [0.05, 0.1) is 0 Å². The van der Waals surface area contributed by atoms with E-state index in [1.807, 2.05) is 24.3 Å². The third kappa shape index (κ3) is 6.01. The molecule has 1 saturated carbocycles. The summed E-state index contributed by atoms with van der Waals surface area (Å²) in [6.45, 7) is 3.03. The highest BCUT2D eigenvalue weighted by atomic mass is 127. The van der Waals surface area contributed by atoms with Crippen molar-refractivity contribution in [1.82, 2.24) is 15.5 Å². The van der Waals surface area contributed by atoms with Crippen LogP contribution in [0.15, 0.2) is 29.3 Å². The summed E-state index contributed by atoms with van der Waals surface area (Å²) in [5, 5.41) is 6.72. The minimum absolute atomic E-state index is 0. The van der Waals surface area contributed by atoms with Crippen molar-refractivity contribution >= 4 is 35.8 Å². The Hall–Kier alpha value is -1.31. The number of halogens is 1. The molecule has 0 saturated heterocycles. The standard InChI is InChI=1S/C17H26N4O.HI/c1-12-10-15(12)20-17(18-2)19-9-8-13-6-5-7-14(11-13)16(22)21(3)4;/h5-7,11-12,15H,8-10H2,1-4H3,(H2,18,19,20);1H. The number of hydrogen-bond acceptors (Lipinski definition) is 2. The first-order chi connectivity index (χ1) is 10.5. The molecule has 2 rings (SSSR count). The van der Waals surface area contributed by atoms with Gasteiger partial charge in [0.1, 0.15) is 0 Å². The van der Waals surface area contributed by atoms with Gasteiger partial charge in [0.25, 0.3) is 5.91 Å². The summed E-state index contributed by atoms with van der Waals surface area (Å²) in [4.78, 5) is 17.8. The van der Waals surface area contributed by atoms with Gasteiger partial charge in [-0.15, -0.1) is 24.0 Å². The van der Waals surface area contributed by atoms with Crippen molar-refractivity contribution in [3.05, 3.63) is 35.4 Å². The molecule has 1 aromatic rings. The molecule has 0 heterocycles. The topological polar surface area (TPSA) is 56.7 Å². The Bertz CT molecular complexity index is 559. The van der Waals surface area contributed by atoms with Crippen molar-refractivity contribution in [1.29, 1.82) is 0 Å². The number of carbonyl (C=O) groups excluding carboxylic acids is 1. The number of benzene rings is 1.